The van der Waals surface area contributed by atoms with Crippen molar-refractivity contribution in [2.75, 3.05) is 0 Å². The van der Waals surface area contributed by atoms with Gasteiger partial charge in [-0.3, -0.25) is 0 Å². The third-order valence-electron chi connectivity index (χ3n) is 2.82. The first-order valence-electron chi connectivity index (χ1n) is 6.25. The smallest absolute Gasteiger partial charge is 0.115 e. The SMILES string of the molecule is Cc1ncc(C(O)c2cccc(CC(C)C)c2)s1. The molecule has 2 rings (SSSR count). The number of aromatic nitrogens is 1. The zero-order chi connectivity index (χ0) is 13.1. The maximum absolute atomic E-state index is 10.3. The summed E-state index contributed by atoms with van der Waals surface area (Å²) in [5.74, 6) is 0.628. The molecule has 2 nitrogen and oxygen atoms in total. The Morgan fingerprint density at radius 2 is 2.11 bits per heavy atom. The van der Waals surface area contributed by atoms with Crippen LogP contribution in [0.1, 0.15) is 41.0 Å². The molecular weight excluding hydrogens is 242 g/mol. The molecule has 1 atom stereocenters. The zero-order valence-corrected chi connectivity index (χ0v) is 11.9. The van der Waals surface area contributed by atoms with Gasteiger partial charge in [0.2, 0.25) is 0 Å². The second-order valence-electron chi connectivity index (χ2n) is 5.03. The first-order valence-corrected chi connectivity index (χ1v) is 7.07. The maximum atomic E-state index is 10.3. The van der Waals surface area contributed by atoms with Gasteiger partial charge in [0.25, 0.3) is 0 Å². The summed E-state index contributed by atoms with van der Waals surface area (Å²) in [6, 6.07) is 8.21. The van der Waals surface area contributed by atoms with Crippen LogP contribution in [-0.4, -0.2) is 10.1 Å². The van der Waals surface area contributed by atoms with Crippen molar-refractivity contribution in [1.29, 1.82) is 0 Å². The van der Waals surface area contributed by atoms with E-state index in [4.69, 9.17) is 0 Å². The molecule has 0 aliphatic rings. The highest BCUT2D eigenvalue weighted by Crippen LogP contribution is 2.27. The molecule has 0 bridgehead atoms. The summed E-state index contributed by atoms with van der Waals surface area (Å²) in [4.78, 5) is 5.10. The number of rotatable bonds is 4. The Labute approximate surface area is 112 Å². The largest absolute Gasteiger partial charge is 0.383 e. The molecule has 0 spiro atoms. The van der Waals surface area contributed by atoms with E-state index in [1.807, 2.05) is 19.1 Å². The molecule has 0 saturated heterocycles. The number of hydrogen-bond acceptors (Lipinski definition) is 3. The molecule has 1 unspecified atom stereocenters. The summed E-state index contributed by atoms with van der Waals surface area (Å²) in [6.07, 6.45) is 2.26. The normalized spacial score (nSPS) is 12.9. The lowest BCUT2D eigenvalue weighted by Gasteiger charge is -2.11. The Morgan fingerprint density at radius 1 is 1.33 bits per heavy atom. The lowest BCUT2D eigenvalue weighted by molar-refractivity contribution is 0.224. The van der Waals surface area contributed by atoms with Gasteiger partial charge < -0.3 is 5.11 Å². The van der Waals surface area contributed by atoms with E-state index < -0.39 is 6.10 Å². The summed E-state index contributed by atoms with van der Waals surface area (Å²) in [6.45, 7) is 6.36. The molecular formula is C15H19NOS. The fraction of sp³-hybridized carbons (Fsp3) is 0.400. The minimum atomic E-state index is -0.552. The van der Waals surface area contributed by atoms with E-state index in [1.165, 1.54) is 5.56 Å². The van der Waals surface area contributed by atoms with Crippen LogP contribution in [0, 0.1) is 12.8 Å². The topological polar surface area (TPSA) is 33.1 Å². The van der Waals surface area contributed by atoms with E-state index >= 15 is 0 Å². The minimum absolute atomic E-state index is 0.552. The molecule has 1 N–H and O–H groups in total. The average Bonchev–Trinajstić information content (AvgIpc) is 2.74. The molecule has 0 aliphatic carbocycles. The van der Waals surface area contributed by atoms with Crippen molar-refractivity contribution in [3.05, 3.63) is 51.5 Å². The van der Waals surface area contributed by atoms with Gasteiger partial charge in [0.15, 0.2) is 0 Å². The first kappa shape index (κ1) is 13.2. The second-order valence-corrected chi connectivity index (χ2v) is 6.29. The van der Waals surface area contributed by atoms with Gasteiger partial charge in [0.1, 0.15) is 6.10 Å². The van der Waals surface area contributed by atoms with Crippen LogP contribution in [-0.2, 0) is 6.42 Å². The fourth-order valence-corrected chi connectivity index (χ4v) is 2.83. The molecule has 0 fully saturated rings. The van der Waals surface area contributed by atoms with Crippen LogP contribution in [0.5, 0.6) is 0 Å². The lowest BCUT2D eigenvalue weighted by atomic mass is 9.99. The molecule has 0 saturated carbocycles. The Hall–Kier alpha value is -1.19. The number of aryl methyl sites for hydroxylation is 1. The minimum Gasteiger partial charge on any atom is -0.383 e. The van der Waals surface area contributed by atoms with Crippen molar-refractivity contribution in [3.8, 4) is 0 Å². The fourth-order valence-electron chi connectivity index (χ4n) is 2.03. The van der Waals surface area contributed by atoms with Crippen LogP contribution in [0.2, 0.25) is 0 Å². The summed E-state index contributed by atoms with van der Waals surface area (Å²) in [5, 5.41) is 11.3. The number of aliphatic hydroxyl groups excluding tert-OH is 1. The van der Waals surface area contributed by atoms with E-state index in [2.05, 4.69) is 31.0 Å². The molecule has 3 heteroatoms. The standard InChI is InChI=1S/C15H19NOS/c1-10(2)7-12-5-4-6-13(8-12)15(17)14-9-16-11(3)18-14/h4-6,8-10,15,17H,7H2,1-3H3. The molecule has 18 heavy (non-hydrogen) atoms. The van der Waals surface area contributed by atoms with Gasteiger partial charge >= 0.3 is 0 Å². The van der Waals surface area contributed by atoms with Gasteiger partial charge in [0, 0.05) is 6.20 Å². The average molecular weight is 261 g/mol. The third kappa shape index (κ3) is 3.18. The summed E-state index contributed by atoms with van der Waals surface area (Å²) < 4.78 is 0. The van der Waals surface area contributed by atoms with Gasteiger partial charge in [-0.1, -0.05) is 38.1 Å². The number of hydrogen-bond donors (Lipinski definition) is 1. The van der Waals surface area contributed by atoms with Crippen molar-refractivity contribution >= 4 is 11.3 Å². The number of aliphatic hydroxyl groups is 1. The van der Waals surface area contributed by atoms with Gasteiger partial charge in [-0.15, -0.1) is 11.3 Å². The second kappa shape index (κ2) is 5.63. The Morgan fingerprint density at radius 3 is 2.72 bits per heavy atom. The highest BCUT2D eigenvalue weighted by atomic mass is 32.1. The first-order chi connectivity index (χ1) is 8.56. The van der Waals surface area contributed by atoms with Crippen molar-refractivity contribution in [3.63, 3.8) is 0 Å². The molecule has 0 amide bonds. The Balaban J connectivity index is 2.22. The number of thiazole rings is 1. The van der Waals surface area contributed by atoms with E-state index in [0.717, 1.165) is 21.9 Å². The third-order valence-corrected chi connectivity index (χ3v) is 3.78. The highest BCUT2D eigenvalue weighted by molar-refractivity contribution is 7.11. The van der Waals surface area contributed by atoms with Gasteiger partial charge in [-0.2, -0.15) is 0 Å². The quantitative estimate of drug-likeness (QED) is 0.909. The van der Waals surface area contributed by atoms with Gasteiger partial charge in [-0.05, 0) is 30.4 Å². The van der Waals surface area contributed by atoms with Crippen molar-refractivity contribution in [2.24, 2.45) is 5.92 Å². The predicted molar refractivity (Wildman–Crippen MR) is 75.9 cm³/mol. The molecule has 96 valence electrons. The van der Waals surface area contributed by atoms with Crippen molar-refractivity contribution in [2.45, 2.75) is 33.3 Å². The maximum Gasteiger partial charge on any atom is 0.115 e. The summed E-state index contributed by atoms with van der Waals surface area (Å²) >= 11 is 1.55. The van der Waals surface area contributed by atoms with Crippen LogP contribution in [0.4, 0.5) is 0 Å². The van der Waals surface area contributed by atoms with Crippen LogP contribution in [0.25, 0.3) is 0 Å². The van der Waals surface area contributed by atoms with Crippen LogP contribution < -0.4 is 0 Å². The molecule has 2 aromatic rings. The monoisotopic (exact) mass is 261 g/mol. The van der Waals surface area contributed by atoms with E-state index in [0.29, 0.717) is 5.92 Å². The number of nitrogens with zero attached hydrogens (tertiary/aromatic N) is 1. The predicted octanol–water partition coefficient (Wildman–Crippen LogP) is 3.73. The summed E-state index contributed by atoms with van der Waals surface area (Å²) in [7, 11) is 0. The Kier molecular flexibility index (Phi) is 4.15. The molecule has 0 aliphatic heterocycles. The van der Waals surface area contributed by atoms with Crippen LogP contribution in [0.15, 0.2) is 30.5 Å². The van der Waals surface area contributed by atoms with Crippen molar-refractivity contribution in [1.82, 2.24) is 4.98 Å². The van der Waals surface area contributed by atoms with E-state index in [-0.39, 0.29) is 0 Å². The van der Waals surface area contributed by atoms with Gasteiger partial charge in [0.05, 0.1) is 9.88 Å². The highest BCUT2D eigenvalue weighted by Gasteiger charge is 2.13. The molecule has 1 aromatic carbocycles. The van der Waals surface area contributed by atoms with E-state index in [9.17, 15) is 5.11 Å². The molecule has 0 radical (unpaired) electrons. The molecule has 1 heterocycles. The zero-order valence-electron chi connectivity index (χ0n) is 11.1. The van der Waals surface area contributed by atoms with Crippen LogP contribution >= 0.6 is 11.3 Å². The summed E-state index contributed by atoms with van der Waals surface area (Å²) in [5.41, 5.74) is 2.24. The van der Waals surface area contributed by atoms with Crippen molar-refractivity contribution < 1.29 is 5.11 Å². The number of benzene rings is 1. The van der Waals surface area contributed by atoms with Gasteiger partial charge in [-0.25, -0.2) is 4.98 Å². The molecule has 1 aromatic heterocycles. The Bertz CT molecular complexity index is 519. The van der Waals surface area contributed by atoms with Crippen LogP contribution in [0.3, 0.4) is 0 Å². The lowest BCUT2D eigenvalue weighted by Crippen LogP contribution is -2.00. The van der Waals surface area contributed by atoms with E-state index in [1.54, 1.807) is 17.5 Å².